The van der Waals surface area contributed by atoms with Gasteiger partial charge in [0.25, 0.3) is 0 Å². The lowest BCUT2D eigenvalue weighted by Crippen LogP contribution is -2.16. The van der Waals surface area contributed by atoms with Crippen LogP contribution in [-0.2, 0) is 6.54 Å². The molecule has 0 aliphatic carbocycles. The standard InChI is InChI=1S/C18H15BrN2O/c1-2-21-12-16(13-7-4-3-5-8-13)18(22)17(20-21)14-9-6-10-15(19)11-14/h3-12H,2H2,1H3. The molecule has 0 radical (unpaired) electrons. The highest BCUT2D eigenvalue weighted by atomic mass is 79.9. The van der Waals surface area contributed by atoms with Crippen molar-refractivity contribution in [3.8, 4) is 22.4 Å². The molecule has 0 atom stereocenters. The van der Waals surface area contributed by atoms with Gasteiger partial charge in [-0.3, -0.25) is 9.48 Å². The zero-order valence-corrected chi connectivity index (χ0v) is 13.7. The molecule has 0 unspecified atom stereocenters. The van der Waals surface area contributed by atoms with E-state index in [2.05, 4.69) is 21.0 Å². The van der Waals surface area contributed by atoms with Gasteiger partial charge in [0, 0.05) is 28.3 Å². The molecule has 4 heteroatoms. The maximum atomic E-state index is 12.9. The molecule has 110 valence electrons. The third-order valence-electron chi connectivity index (χ3n) is 3.47. The Morgan fingerprint density at radius 2 is 1.77 bits per heavy atom. The van der Waals surface area contributed by atoms with Gasteiger partial charge in [-0.1, -0.05) is 58.4 Å². The highest BCUT2D eigenvalue weighted by molar-refractivity contribution is 9.10. The maximum Gasteiger partial charge on any atom is 0.215 e. The summed E-state index contributed by atoms with van der Waals surface area (Å²) < 4.78 is 2.74. The molecule has 3 rings (SSSR count). The van der Waals surface area contributed by atoms with Crippen LogP contribution in [0, 0.1) is 0 Å². The van der Waals surface area contributed by atoms with Crippen molar-refractivity contribution in [1.82, 2.24) is 9.78 Å². The first-order valence-corrected chi connectivity index (χ1v) is 7.91. The lowest BCUT2D eigenvalue weighted by Gasteiger charge is -2.10. The second-order valence-corrected chi connectivity index (χ2v) is 5.87. The van der Waals surface area contributed by atoms with Crippen molar-refractivity contribution in [3.63, 3.8) is 0 Å². The van der Waals surface area contributed by atoms with Crippen LogP contribution in [0.25, 0.3) is 22.4 Å². The first-order chi connectivity index (χ1) is 10.7. The summed E-state index contributed by atoms with van der Waals surface area (Å²) in [5.74, 6) is 0. The summed E-state index contributed by atoms with van der Waals surface area (Å²) in [7, 11) is 0. The normalized spacial score (nSPS) is 10.6. The molecule has 0 fully saturated rings. The topological polar surface area (TPSA) is 34.9 Å². The van der Waals surface area contributed by atoms with E-state index in [0.29, 0.717) is 17.8 Å². The maximum absolute atomic E-state index is 12.9. The van der Waals surface area contributed by atoms with Crippen LogP contribution in [0.4, 0.5) is 0 Å². The number of nitrogens with zero attached hydrogens (tertiary/aromatic N) is 2. The van der Waals surface area contributed by atoms with Crippen LogP contribution in [0.5, 0.6) is 0 Å². The van der Waals surface area contributed by atoms with E-state index in [1.165, 1.54) is 0 Å². The van der Waals surface area contributed by atoms with E-state index >= 15 is 0 Å². The Morgan fingerprint density at radius 3 is 2.45 bits per heavy atom. The molecule has 2 aromatic carbocycles. The largest absolute Gasteiger partial charge is 0.287 e. The summed E-state index contributed by atoms with van der Waals surface area (Å²) in [4.78, 5) is 12.9. The summed E-state index contributed by atoms with van der Waals surface area (Å²) in [6.07, 6.45) is 1.82. The Bertz CT molecular complexity index is 856. The zero-order chi connectivity index (χ0) is 15.5. The molecule has 0 aliphatic rings. The smallest absolute Gasteiger partial charge is 0.215 e. The van der Waals surface area contributed by atoms with E-state index in [1.807, 2.05) is 67.7 Å². The molecule has 0 saturated carbocycles. The van der Waals surface area contributed by atoms with Gasteiger partial charge in [0.1, 0.15) is 5.69 Å². The van der Waals surface area contributed by atoms with Crippen LogP contribution in [0.15, 0.2) is 70.1 Å². The van der Waals surface area contributed by atoms with Gasteiger partial charge in [0.15, 0.2) is 0 Å². The van der Waals surface area contributed by atoms with Gasteiger partial charge in [0.05, 0.1) is 0 Å². The minimum Gasteiger partial charge on any atom is -0.287 e. The fourth-order valence-corrected chi connectivity index (χ4v) is 2.75. The SMILES string of the molecule is CCn1cc(-c2ccccc2)c(=O)c(-c2cccc(Br)c2)n1. The van der Waals surface area contributed by atoms with Crippen molar-refractivity contribution in [2.24, 2.45) is 0 Å². The molecule has 0 aliphatic heterocycles. The molecule has 0 N–H and O–H groups in total. The molecule has 3 aromatic rings. The number of benzene rings is 2. The Morgan fingerprint density at radius 1 is 1.05 bits per heavy atom. The second kappa shape index (κ2) is 6.28. The Labute approximate surface area is 137 Å². The van der Waals surface area contributed by atoms with Crippen molar-refractivity contribution in [3.05, 3.63) is 75.5 Å². The first-order valence-electron chi connectivity index (χ1n) is 7.12. The highest BCUT2D eigenvalue weighted by Crippen LogP contribution is 2.21. The Hall–Kier alpha value is -2.20. The number of aryl methyl sites for hydroxylation is 1. The third kappa shape index (κ3) is 2.88. The molecule has 1 heterocycles. The van der Waals surface area contributed by atoms with Crippen molar-refractivity contribution in [2.75, 3.05) is 0 Å². The molecule has 0 bridgehead atoms. The summed E-state index contributed by atoms with van der Waals surface area (Å²) in [5, 5.41) is 4.47. The van der Waals surface area contributed by atoms with Gasteiger partial charge < -0.3 is 0 Å². The van der Waals surface area contributed by atoms with Crippen LogP contribution >= 0.6 is 15.9 Å². The van der Waals surface area contributed by atoms with E-state index in [9.17, 15) is 4.79 Å². The van der Waals surface area contributed by atoms with Crippen LogP contribution < -0.4 is 5.43 Å². The summed E-state index contributed by atoms with van der Waals surface area (Å²) in [6, 6.07) is 17.4. The van der Waals surface area contributed by atoms with Crippen LogP contribution in [0.3, 0.4) is 0 Å². The van der Waals surface area contributed by atoms with Gasteiger partial charge in [-0.2, -0.15) is 5.10 Å². The van der Waals surface area contributed by atoms with Crippen LogP contribution in [-0.4, -0.2) is 9.78 Å². The Kier molecular flexibility index (Phi) is 4.20. The average molecular weight is 355 g/mol. The van der Waals surface area contributed by atoms with E-state index in [0.717, 1.165) is 15.6 Å². The number of aromatic nitrogens is 2. The molecule has 1 aromatic heterocycles. The van der Waals surface area contributed by atoms with E-state index < -0.39 is 0 Å². The predicted molar refractivity (Wildman–Crippen MR) is 92.7 cm³/mol. The lowest BCUT2D eigenvalue weighted by atomic mass is 10.0. The monoisotopic (exact) mass is 354 g/mol. The van der Waals surface area contributed by atoms with Crippen LogP contribution in [0.2, 0.25) is 0 Å². The minimum atomic E-state index is -0.0472. The van der Waals surface area contributed by atoms with Crippen molar-refractivity contribution < 1.29 is 0 Å². The van der Waals surface area contributed by atoms with Gasteiger partial charge in [-0.15, -0.1) is 0 Å². The van der Waals surface area contributed by atoms with Gasteiger partial charge in [-0.25, -0.2) is 0 Å². The number of hydrogen-bond donors (Lipinski definition) is 0. The molecule has 0 spiro atoms. The summed E-state index contributed by atoms with van der Waals surface area (Å²) >= 11 is 3.45. The van der Waals surface area contributed by atoms with Crippen molar-refractivity contribution in [2.45, 2.75) is 13.5 Å². The van der Waals surface area contributed by atoms with Gasteiger partial charge >= 0.3 is 0 Å². The van der Waals surface area contributed by atoms with Crippen LogP contribution in [0.1, 0.15) is 6.92 Å². The highest BCUT2D eigenvalue weighted by Gasteiger charge is 2.13. The van der Waals surface area contributed by atoms with E-state index in [4.69, 9.17) is 0 Å². The predicted octanol–water partition coefficient (Wildman–Crippen LogP) is 4.36. The fourth-order valence-electron chi connectivity index (χ4n) is 2.35. The lowest BCUT2D eigenvalue weighted by molar-refractivity contribution is 0.642. The quantitative estimate of drug-likeness (QED) is 0.700. The molecule has 3 nitrogen and oxygen atoms in total. The number of halogens is 1. The average Bonchev–Trinajstić information content (AvgIpc) is 2.56. The molecular formula is C18H15BrN2O. The van der Waals surface area contributed by atoms with Gasteiger partial charge in [0.2, 0.25) is 5.43 Å². The zero-order valence-electron chi connectivity index (χ0n) is 12.2. The molecule has 0 amide bonds. The first kappa shape index (κ1) is 14.7. The third-order valence-corrected chi connectivity index (χ3v) is 3.97. The Balaban J connectivity index is 2.26. The van der Waals surface area contributed by atoms with E-state index in [-0.39, 0.29) is 5.43 Å². The second-order valence-electron chi connectivity index (χ2n) is 4.95. The van der Waals surface area contributed by atoms with E-state index in [1.54, 1.807) is 4.68 Å². The van der Waals surface area contributed by atoms with Crippen molar-refractivity contribution >= 4 is 15.9 Å². The minimum absolute atomic E-state index is 0.0472. The molecule has 0 saturated heterocycles. The molecular weight excluding hydrogens is 340 g/mol. The molecule has 22 heavy (non-hydrogen) atoms. The van der Waals surface area contributed by atoms with Gasteiger partial charge in [-0.05, 0) is 24.6 Å². The fraction of sp³-hybridized carbons (Fsp3) is 0.111. The number of hydrogen-bond acceptors (Lipinski definition) is 2. The summed E-state index contributed by atoms with van der Waals surface area (Å²) in [5.41, 5.74) is 2.83. The number of rotatable bonds is 3. The summed E-state index contributed by atoms with van der Waals surface area (Å²) in [6.45, 7) is 2.72. The van der Waals surface area contributed by atoms with Crippen molar-refractivity contribution in [1.29, 1.82) is 0 Å².